The minimum Gasteiger partial charge on any atom is -0.475 e. The Balaban J connectivity index is 0.000000515. The zero-order chi connectivity index (χ0) is 31.8. The molecule has 9 nitrogen and oxygen atoms in total. The van der Waals surface area contributed by atoms with Crippen molar-refractivity contribution in [1.29, 1.82) is 0 Å². The van der Waals surface area contributed by atoms with Gasteiger partial charge in [-0.1, -0.05) is 72.4 Å². The first-order valence-electron chi connectivity index (χ1n) is 14.1. The van der Waals surface area contributed by atoms with Crippen LogP contribution < -0.4 is 0 Å². The van der Waals surface area contributed by atoms with Gasteiger partial charge in [0, 0.05) is 36.0 Å². The molecule has 0 radical (unpaired) electrons. The third kappa shape index (κ3) is 8.31. The van der Waals surface area contributed by atoms with Gasteiger partial charge in [0.25, 0.3) is 0 Å². The van der Waals surface area contributed by atoms with E-state index < -0.39 is 12.1 Å². The second kappa shape index (κ2) is 14.4. The molecule has 2 N–H and O–H groups in total. The van der Waals surface area contributed by atoms with Gasteiger partial charge >= 0.3 is 12.1 Å². The van der Waals surface area contributed by atoms with Gasteiger partial charge in [0.15, 0.2) is 11.0 Å². The maximum absolute atomic E-state index is 10.6. The van der Waals surface area contributed by atoms with Crippen molar-refractivity contribution in [2.24, 2.45) is 0 Å². The molecule has 232 valence electrons. The molecule has 4 heterocycles. The van der Waals surface area contributed by atoms with Crippen molar-refractivity contribution in [3.8, 4) is 33.9 Å². The van der Waals surface area contributed by atoms with Gasteiger partial charge in [-0.2, -0.15) is 18.3 Å². The minimum atomic E-state index is -5.08. The number of carboxylic acid groups (broad SMARTS) is 1. The van der Waals surface area contributed by atoms with Crippen LogP contribution in [0.2, 0.25) is 0 Å². The van der Waals surface area contributed by atoms with Crippen molar-refractivity contribution in [3.05, 3.63) is 96.6 Å². The molecule has 1 saturated heterocycles. The fraction of sp³-hybridized carbons (Fsp3) is 0.250. The van der Waals surface area contributed by atoms with Crippen LogP contribution in [-0.4, -0.2) is 71.6 Å². The molecule has 1 aliphatic rings. The Kier molecular flexibility index (Phi) is 10.2. The topological polar surface area (TPSA) is 121 Å². The monoisotopic (exact) mass is 633 g/mol. The minimum absolute atomic E-state index is 0.401. The lowest BCUT2D eigenvalue weighted by Crippen LogP contribution is -2.32. The Bertz CT molecular complexity index is 1690. The molecule has 6 rings (SSSR count). The highest BCUT2D eigenvalue weighted by Crippen LogP contribution is 2.32. The van der Waals surface area contributed by atoms with Crippen LogP contribution in [0.1, 0.15) is 30.1 Å². The zero-order valence-corrected chi connectivity index (χ0v) is 25.1. The molecular formula is C32H30F3N7O2S. The summed E-state index contributed by atoms with van der Waals surface area (Å²) in [6.45, 7) is 3.01. The number of pyridine rings is 1. The first kappa shape index (κ1) is 31.8. The van der Waals surface area contributed by atoms with Gasteiger partial charge in [-0.25, -0.2) is 19.7 Å². The molecular weight excluding hydrogens is 603 g/mol. The van der Waals surface area contributed by atoms with E-state index in [9.17, 15) is 13.2 Å². The average Bonchev–Trinajstić information content (AvgIpc) is 3.56. The van der Waals surface area contributed by atoms with E-state index in [0.717, 1.165) is 71.5 Å². The normalized spacial score (nSPS) is 14.0. The van der Waals surface area contributed by atoms with Crippen LogP contribution in [0.3, 0.4) is 0 Å². The van der Waals surface area contributed by atoms with E-state index in [1.54, 1.807) is 18.0 Å². The molecule has 0 amide bonds. The van der Waals surface area contributed by atoms with Crippen molar-refractivity contribution >= 4 is 17.7 Å². The summed E-state index contributed by atoms with van der Waals surface area (Å²) in [6.07, 6.45) is 2.76. The smallest absolute Gasteiger partial charge is 0.475 e. The average molecular weight is 634 g/mol. The van der Waals surface area contributed by atoms with Crippen LogP contribution in [0.25, 0.3) is 33.9 Å². The molecule has 45 heavy (non-hydrogen) atoms. The lowest BCUT2D eigenvalue weighted by atomic mass is 9.95. The molecule has 0 spiro atoms. The summed E-state index contributed by atoms with van der Waals surface area (Å²) in [6, 6.07) is 25.0. The first-order valence-corrected chi connectivity index (χ1v) is 15.4. The summed E-state index contributed by atoms with van der Waals surface area (Å²) in [5.41, 5.74) is 6.37. The summed E-state index contributed by atoms with van der Waals surface area (Å²) < 4.78 is 31.7. The van der Waals surface area contributed by atoms with Crippen LogP contribution in [0, 0.1) is 0 Å². The number of alkyl halides is 3. The number of thioether (sulfide) groups is 1. The predicted molar refractivity (Wildman–Crippen MR) is 165 cm³/mol. The van der Waals surface area contributed by atoms with Crippen molar-refractivity contribution < 1.29 is 23.1 Å². The Hall–Kier alpha value is -4.62. The van der Waals surface area contributed by atoms with Crippen molar-refractivity contribution in [2.45, 2.75) is 36.6 Å². The molecule has 0 bridgehead atoms. The van der Waals surface area contributed by atoms with Crippen molar-refractivity contribution in [3.63, 3.8) is 0 Å². The standard InChI is InChI=1S/C30H29N7S.C2HF3O2/c1-38-30-32-19-25(22-7-3-2-4-8-22)27(33-30)23-12-10-21(11-13-23)20-37-17-14-24(15-18-37)28-34-29(36-35-28)26-9-5-6-16-31-26;3-2(4,5)1(6)7/h2-13,16,19,24H,14-15,17-18,20H2,1H3,(H,34,35,36);(H,6,7). The summed E-state index contributed by atoms with van der Waals surface area (Å²) in [5.74, 6) is -0.712. The number of halogens is 3. The van der Waals surface area contributed by atoms with Crippen LogP contribution in [0.15, 0.2) is 90.3 Å². The molecule has 1 fully saturated rings. The Morgan fingerprint density at radius 3 is 2.27 bits per heavy atom. The molecule has 13 heteroatoms. The number of benzene rings is 2. The number of nitrogens with zero attached hydrogens (tertiary/aromatic N) is 6. The highest BCUT2D eigenvalue weighted by atomic mass is 32.2. The number of carbonyl (C=O) groups is 1. The number of H-pyrrole nitrogens is 1. The molecule has 0 unspecified atom stereocenters. The number of piperidine rings is 1. The number of likely N-dealkylation sites (tertiary alicyclic amines) is 1. The number of carboxylic acids is 1. The Morgan fingerprint density at radius 1 is 0.956 bits per heavy atom. The van der Waals surface area contributed by atoms with Crippen LogP contribution in [-0.2, 0) is 11.3 Å². The molecule has 3 aromatic heterocycles. The highest BCUT2D eigenvalue weighted by molar-refractivity contribution is 7.98. The van der Waals surface area contributed by atoms with Crippen molar-refractivity contribution in [2.75, 3.05) is 19.3 Å². The van der Waals surface area contributed by atoms with E-state index in [0.29, 0.717) is 11.7 Å². The van der Waals surface area contributed by atoms with E-state index in [-0.39, 0.29) is 0 Å². The number of hydrogen-bond acceptors (Lipinski definition) is 8. The summed E-state index contributed by atoms with van der Waals surface area (Å²) >= 11 is 1.56. The fourth-order valence-electron chi connectivity index (χ4n) is 4.97. The first-order chi connectivity index (χ1) is 21.7. The summed E-state index contributed by atoms with van der Waals surface area (Å²) in [5, 5.41) is 15.5. The van der Waals surface area contributed by atoms with E-state index in [1.807, 2.05) is 36.7 Å². The molecule has 2 aromatic carbocycles. The number of aromatic amines is 1. The fourth-order valence-corrected chi connectivity index (χ4v) is 5.31. The summed E-state index contributed by atoms with van der Waals surface area (Å²) in [7, 11) is 0. The van der Waals surface area contributed by atoms with E-state index in [1.165, 1.54) is 5.56 Å². The van der Waals surface area contributed by atoms with Gasteiger partial charge in [-0.15, -0.1) is 0 Å². The Morgan fingerprint density at radius 2 is 1.64 bits per heavy atom. The zero-order valence-electron chi connectivity index (χ0n) is 24.3. The highest BCUT2D eigenvalue weighted by Gasteiger charge is 2.38. The lowest BCUT2D eigenvalue weighted by Gasteiger charge is -2.31. The maximum Gasteiger partial charge on any atom is 0.490 e. The van der Waals surface area contributed by atoms with Gasteiger partial charge in [0.1, 0.15) is 11.5 Å². The van der Waals surface area contributed by atoms with Gasteiger partial charge in [0.2, 0.25) is 0 Å². The van der Waals surface area contributed by atoms with Gasteiger partial charge < -0.3 is 5.11 Å². The second-order valence-corrected chi connectivity index (χ2v) is 11.1. The predicted octanol–water partition coefficient (Wildman–Crippen LogP) is 6.73. The van der Waals surface area contributed by atoms with Crippen LogP contribution in [0.5, 0.6) is 0 Å². The SMILES string of the molecule is CSc1ncc(-c2ccccc2)c(-c2ccc(CN3CCC(c4nc(-c5ccccn5)n[nH]4)CC3)cc2)n1.O=C(O)C(F)(F)F. The number of rotatable bonds is 7. The van der Waals surface area contributed by atoms with Gasteiger partial charge in [0.05, 0.1) is 5.69 Å². The van der Waals surface area contributed by atoms with Crippen molar-refractivity contribution in [1.82, 2.24) is 35.0 Å². The lowest BCUT2D eigenvalue weighted by molar-refractivity contribution is -0.192. The third-order valence-corrected chi connectivity index (χ3v) is 7.84. The second-order valence-electron chi connectivity index (χ2n) is 10.3. The number of aliphatic carboxylic acids is 1. The molecule has 0 aliphatic carbocycles. The molecule has 0 atom stereocenters. The van der Waals surface area contributed by atoms with E-state index in [2.05, 4.69) is 73.6 Å². The van der Waals surface area contributed by atoms with Crippen LogP contribution in [0.4, 0.5) is 13.2 Å². The maximum atomic E-state index is 10.6. The number of aromatic nitrogens is 6. The van der Waals surface area contributed by atoms with Gasteiger partial charge in [-0.3, -0.25) is 15.0 Å². The quantitative estimate of drug-likeness (QED) is 0.149. The third-order valence-electron chi connectivity index (χ3n) is 7.28. The largest absolute Gasteiger partial charge is 0.490 e. The van der Waals surface area contributed by atoms with Gasteiger partial charge in [-0.05, 0) is 55.4 Å². The molecule has 1 aliphatic heterocycles. The molecule has 5 aromatic rings. The number of hydrogen-bond donors (Lipinski definition) is 2. The van der Waals surface area contributed by atoms with E-state index >= 15 is 0 Å². The van der Waals surface area contributed by atoms with E-state index in [4.69, 9.17) is 19.9 Å². The molecule has 0 saturated carbocycles. The number of nitrogens with one attached hydrogen (secondary N) is 1. The van der Waals surface area contributed by atoms with Crippen LogP contribution >= 0.6 is 11.8 Å². The Labute approximate surface area is 262 Å². The summed E-state index contributed by atoms with van der Waals surface area (Å²) in [4.78, 5) is 29.9.